The fraction of sp³-hybridized carbons (Fsp3) is 0.214. The van der Waals surface area contributed by atoms with Gasteiger partial charge < -0.3 is 0 Å². The molecule has 6 amide bonds. The number of nitrogens with one attached hydrogen (secondary N) is 4. The van der Waals surface area contributed by atoms with Gasteiger partial charge in [0.2, 0.25) is 11.8 Å². The Morgan fingerprint density at radius 1 is 0.630 bits per heavy atom. The summed E-state index contributed by atoms with van der Waals surface area (Å²) < 4.78 is 0.460. The van der Waals surface area contributed by atoms with Gasteiger partial charge in [0.1, 0.15) is 8.64 Å². The topological polar surface area (TPSA) is 157 Å². The number of hydrogen-bond donors (Lipinski definition) is 4. The van der Waals surface area contributed by atoms with Crippen molar-refractivity contribution in [2.24, 2.45) is 0 Å². The van der Waals surface area contributed by atoms with Crippen molar-refractivity contribution >= 4 is 115 Å². The van der Waals surface area contributed by atoms with Crippen LogP contribution in [0.25, 0.3) is 0 Å². The lowest BCUT2D eigenvalue weighted by Gasteiger charge is -2.15. The van der Waals surface area contributed by atoms with Crippen molar-refractivity contribution in [3.05, 3.63) is 79.5 Å². The first kappa shape index (κ1) is 35.3. The van der Waals surface area contributed by atoms with E-state index in [2.05, 4.69) is 21.7 Å². The van der Waals surface area contributed by atoms with E-state index in [0.717, 1.165) is 23.5 Å². The molecule has 0 radical (unpaired) electrons. The third kappa shape index (κ3) is 8.83. The average Bonchev–Trinajstić information content (AvgIpc) is 3.47. The van der Waals surface area contributed by atoms with E-state index in [0.29, 0.717) is 0 Å². The molecule has 2 aliphatic heterocycles. The minimum atomic E-state index is -0.574. The van der Waals surface area contributed by atoms with Crippen LogP contribution >= 0.6 is 71.2 Å². The van der Waals surface area contributed by atoms with E-state index >= 15 is 0 Å². The second-order valence-corrected chi connectivity index (χ2v) is 13.6. The molecule has 2 fully saturated rings. The molecule has 0 aliphatic carbocycles. The SMILES string of the molecule is O=C(CCCN1C(=O)/C(=C2\SC(=S)N(CCCC(=O)NNC(=O)c3ccccc3Cl)C2=O)SC1=S)NNC(=O)c1ccccc1Cl. The molecule has 0 bridgehead atoms. The molecule has 240 valence electrons. The number of carbonyl (C=O) groups excluding carboxylic acids is 6. The minimum Gasteiger partial charge on any atom is -0.293 e. The smallest absolute Gasteiger partial charge is 0.271 e. The molecule has 0 spiro atoms. The monoisotopic (exact) mass is 738 g/mol. The average molecular weight is 740 g/mol. The number of thiocarbonyl (C=S) groups is 2. The summed E-state index contributed by atoms with van der Waals surface area (Å²) >= 11 is 24.6. The minimum absolute atomic E-state index is 0.0193. The summed E-state index contributed by atoms with van der Waals surface area (Å²) in [6, 6.07) is 12.7. The first-order valence-electron chi connectivity index (χ1n) is 13.5. The summed E-state index contributed by atoms with van der Waals surface area (Å²) in [6.07, 6.45) is 0.425. The quantitative estimate of drug-likeness (QED) is 0.161. The van der Waals surface area contributed by atoms with Crippen molar-refractivity contribution in [1.82, 2.24) is 31.5 Å². The molecule has 2 aromatic carbocycles. The van der Waals surface area contributed by atoms with Gasteiger partial charge in [-0.2, -0.15) is 0 Å². The fourth-order valence-electron chi connectivity index (χ4n) is 4.05. The molecular weight excluding hydrogens is 716 g/mol. The molecule has 12 nitrogen and oxygen atoms in total. The highest BCUT2D eigenvalue weighted by molar-refractivity contribution is 8.29. The Balaban J connectivity index is 1.22. The molecule has 4 N–H and O–H groups in total. The number of halogens is 2. The molecule has 0 saturated carbocycles. The molecule has 2 heterocycles. The predicted octanol–water partition coefficient (Wildman–Crippen LogP) is 3.71. The number of thioether (sulfide) groups is 2. The molecule has 0 atom stereocenters. The highest BCUT2D eigenvalue weighted by Gasteiger charge is 2.41. The van der Waals surface area contributed by atoms with Gasteiger partial charge in [-0.05, 0) is 37.1 Å². The van der Waals surface area contributed by atoms with Gasteiger partial charge in [0, 0.05) is 25.9 Å². The van der Waals surface area contributed by atoms with Crippen LogP contribution in [0.5, 0.6) is 0 Å². The molecule has 4 rings (SSSR count). The van der Waals surface area contributed by atoms with Crippen molar-refractivity contribution in [2.45, 2.75) is 25.7 Å². The molecule has 2 saturated heterocycles. The van der Waals surface area contributed by atoms with Gasteiger partial charge in [0.05, 0.1) is 31.0 Å². The zero-order chi connectivity index (χ0) is 33.4. The third-order valence-corrected chi connectivity index (χ3v) is 10.0. The highest BCUT2D eigenvalue weighted by Crippen LogP contribution is 2.42. The van der Waals surface area contributed by atoms with E-state index in [9.17, 15) is 28.8 Å². The van der Waals surface area contributed by atoms with Gasteiger partial charge in [-0.15, -0.1) is 0 Å². The molecule has 46 heavy (non-hydrogen) atoms. The highest BCUT2D eigenvalue weighted by atomic mass is 35.5. The van der Waals surface area contributed by atoms with Crippen LogP contribution in [0.1, 0.15) is 46.4 Å². The standard InChI is InChI=1S/C28H24Cl2N6O6S4/c29-17-9-3-1-7-15(17)23(39)33-31-19(37)11-5-13-35-25(41)21(45-27(35)43)22-26(42)36(28(44)46-22)14-6-12-20(38)32-34-24(40)16-8-2-4-10-18(16)30/h1-4,7-10H,5-6,11-14H2,(H,31,37)(H,32,38)(H,33,39)(H,34,40)/b22-21+. The Morgan fingerprint density at radius 2 is 1.00 bits per heavy atom. The lowest BCUT2D eigenvalue weighted by molar-refractivity contribution is -0.125. The van der Waals surface area contributed by atoms with Crippen LogP contribution in [0.2, 0.25) is 10.0 Å². The summed E-state index contributed by atoms with van der Waals surface area (Å²) in [5.41, 5.74) is 9.60. The van der Waals surface area contributed by atoms with Gasteiger partial charge >= 0.3 is 0 Å². The van der Waals surface area contributed by atoms with Crippen LogP contribution in [-0.2, 0) is 19.2 Å². The maximum Gasteiger partial charge on any atom is 0.271 e. The van der Waals surface area contributed by atoms with Crippen molar-refractivity contribution in [2.75, 3.05) is 13.1 Å². The number of carbonyl (C=O) groups is 6. The third-order valence-electron chi connectivity index (χ3n) is 6.34. The lowest BCUT2D eigenvalue weighted by Crippen LogP contribution is -2.42. The van der Waals surface area contributed by atoms with Gasteiger partial charge in [0.15, 0.2) is 0 Å². The van der Waals surface area contributed by atoms with E-state index < -0.39 is 35.4 Å². The van der Waals surface area contributed by atoms with E-state index in [4.69, 9.17) is 47.6 Å². The second-order valence-electron chi connectivity index (χ2n) is 9.48. The largest absolute Gasteiger partial charge is 0.293 e. The Hall–Kier alpha value is -3.54. The van der Waals surface area contributed by atoms with Crippen LogP contribution < -0.4 is 21.7 Å². The summed E-state index contributed by atoms with van der Waals surface area (Å²) in [5, 5.41) is 0.474. The van der Waals surface area contributed by atoms with Gasteiger partial charge in [0.25, 0.3) is 23.6 Å². The van der Waals surface area contributed by atoms with Crippen molar-refractivity contribution in [3.8, 4) is 0 Å². The number of hydrazine groups is 2. The van der Waals surface area contributed by atoms with Gasteiger partial charge in [-0.1, -0.05) is 95.4 Å². The lowest BCUT2D eigenvalue weighted by atomic mass is 10.2. The van der Waals surface area contributed by atoms with Crippen LogP contribution in [-0.4, -0.2) is 67.0 Å². The normalized spacial score (nSPS) is 16.1. The number of nitrogens with zero attached hydrogens (tertiary/aromatic N) is 2. The molecule has 2 aromatic rings. The maximum atomic E-state index is 13.2. The van der Waals surface area contributed by atoms with Crippen molar-refractivity contribution in [1.29, 1.82) is 0 Å². The van der Waals surface area contributed by atoms with Crippen LogP contribution in [0.3, 0.4) is 0 Å². The number of rotatable bonds is 10. The Labute approximate surface area is 292 Å². The summed E-state index contributed by atoms with van der Waals surface area (Å²) in [6.45, 7) is 0.227. The van der Waals surface area contributed by atoms with E-state index in [1.807, 2.05) is 0 Å². The number of hydrogen-bond acceptors (Lipinski definition) is 10. The van der Waals surface area contributed by atoms with E-state index in [1.54, 1.807) is 36.4 Å². The van der Waals surface area contributed by atoms with Crippen molar-refractivity contribution < 1.29 is 28.8 Å². The fourth-order valence-corrected chi connectivity index (χ4v) is 7.27. The molecular formula is C28H24Cl2N6O6S4. The molecule has 2 aliphatic rings. The van der Waals surface area contributed by atoms with Crippen LogP contribution in [0.4, 0.5) is 0 Å². The Morgan fingerprint density at radius 3 is 1.37 bits per heavy atom. The Bertz CT molecular complexity index is 1550. The summed E-state index contributed by atoms with van der Waals surface area (Å²) in [5.74, 6) is -3.07. The van der Waals surface area contributed by atoms with E-state index in [-0.39, 0.29) is 78.4 Å². The maximum absolute atomic E-state index is 13.2. The number of benzene rings is 2. The van der Waals surface area contributed by atoms with Gasteiger partial charge in [-0.3, -0.25) is 60.3 Å². The van der Waals surface area contributed by atoms with Gasteiger partial charge in [-0.25, -0.2) is 0 Å². The van der Waals surface area contributed by atoms with Crippen molar-refractivity contribution in [3.63, 3.8) is 0 Å². The number of amides is 6. The summed E-state index contributed by atoms with van der Waals surface area (Å²) in [7, 11) is 0. The molecule has 18 heteroatoms. The Kier molecular flexibility index (Phi) is 12.5. The summed E-state index contributed by atoms with van der Waals surface area (Å²) in [4.78, 5) is 78.1. The second kappa shape index (κ2) is 16.3. The van der Waals surface area contributed by atoms with Crippen LogP contribution in [0, 0.1) is 0 Å². The zero-order valence-electron chi connectivity index (χ0n) is 23.6. The molecule has 0 aromatic heterocycles. The first-order valence-corrected chi connectivity index (χ1v) is 16.7. The molecule has 0 unspecified atom stereocenters. The van der Waals surface area contributed by atoms with Crippen LogP contribution in [0.15, 0.2) is 58.3 Å². The predicted molar refractivity (Wildman–Crippen MR) is 183 cm³/mol. The van der Waals surface area contributed by atoms with E-state index in [1.165, 1.54) is 21.9 Å². The first-order chi connectivity index (χ1) is 22.0. The zero-order valence-corrected chi connectivity index (χ0v) is 28.4.